The zero-order valence-corrected chi connectivity index (χ0v) is 13.6. The van der Waals surface area contributed by atoms with Gasteiger partial charge in [0, 0.05) is 19.1 Å². The molecule has 1 amide bonds. The van der Waals surface area contributed by atoms with E-state index in [1.807, 2.05) is 0 Å². The van der Waals surface area contributed by atoms with E-state index in [4.69, 9.17) is 0 Å². The lowest BCUT2D eigenvalue weighted by Crippen LogP contribution is -2.44. The van der Waals surface area contributed by atoms with Crippen LogP contribution in [-0.2, 0) is 4.79 Å². The molecule has 4 nitrogen and oxygen atoms in total. The SMILES string of the molecule is CCN(CC)C1CCN(C(=O)C2CCCN2)C1.Cl.Cl. The molecule has 6 heteroatoms. The molecule has 0 spiro atoms. The highest BCUT2D eigenvalue weighted by molar-refractivity contribution is 5.85. The molecule has 2 heterocycles. The van der Waals surface area contributed by atoms with Crippen LogP contribution in [-0.4, -0.2) is 60.5 Å². The number of halogens is 2. The Morgan fingerprint density at radius 1 is 1.26 bits per heavy atom. The smallest absolute Gasteiger partial charge is 0.239 e. The maximum Gasteiger partial charge on any atom is 0.239 e. The van der Waals surface area contributed by atoms with Crippen molar-refractivity contribution in [2.75, 3.05) is 32.7 Å². The van der Waals surface area contributed by atoms with E-state index in [2.05, 4.69) is 29.0 Å². The second-order valence-corrected chi connectivity index (χ2v) is 5.10. The van der Waals surface area contributed by atoms with Crippen LogP contribution in [0.2, 0.25) is 0 Å². The Kier molecular flexibility index (Phi) is 8.99. The third-order valence-corrected chi connectivity index (χ3v) is 4.16. The molecule has 0 radical (unpaired) electrons. The number of rotatable bonds is 4. The number of likely N-dealkylation sites (N-methyl/N-ethyl adjacent to an activating group) is 1. The van der Waals surface area contributed by atoms with Gasteiger partial charge >= 0.3 is 0 Å². The van der Waals surface area contributed by atoms with Gasteiger partial charge in [-0.2, -0.15) is 0 Å². The summed E-state index contributed by atoms with van der Waals surface area (Å²) >= 11 is 0. The number of carbonyl (C=O) groups is 1. The molecule has 2 unspecified atom stereocenters. The number of likely N-dealkylation sites (tertiary alicyclic amines) is 1. The molecule has 2 fully saturated rings. The van der Waals surface area contributed by atoms with Crippen LogP contribution in [0.1, 0.15) is 33.1 Å². The summed E-state index contributed by atoms with van der Waals surface area (Å²) in [4.78, 5) is 16.8. The molecule has 2 atom stereocenters. The fourth-order valence-corrected chi connectivity index (χ4v) is 3.10. The highest BCUT2D eigenvalue weighted by Crippen LogP contribution is 2.18. The molecular formula is C13H27Cl2N3O. The van der Waals surface area contributed by atoms with E-state index >= 15 is 0 Å². The number of hydrogen-bond donors (Lipinski definition) is 1. The minimum atomic E-state index is 0. The summed E-state index contributed by atoms with van der Waals surface area (Å²) in [6, 6.07) is 0.681. The third-order valence-electron chi connectivity index (χ3n) is 4.16. The van der Waals surface area contributed by atoms with Crippen LogP contribution in [0.25, 0.3) is 0 Å². The van der Waals surface area contributed by atoms with Gasteiger partial charge in [-0.25, -0.2) is 0 Å². The van der Waals surface area contributed by atoms with Crippen LogP contribution in [0.15, 0.2) is 0 Å². The van der Waals surface area contributed by atoms with Gasteiger partial charge < -0.3 is 10.2 Å². The molecule has 0 saturated carbocycles. The predicted molar refractivity (Wildman–Crippen MR) is 83.4 cm³/mol. The van der Waals surface area contributed by atoms with E-state index < -0.39 is 0 Å². The number of amides is 1. The fourth-order valence-electron chi connectivity index (χ4n) is 3.10. The van der Waals surface area contributed by atoms with E-state index in [-0.39, 0.29) is 30.9 Å². The molecule has 2 aliphatic rings. The maximum absolute atomic E-state index is 12.2. The highest BCUT2D eigenvalue weighted by Gasteiger charge is 2.33. The zero-order valence-electron chi connectivity index (χ0n) is 11.9. The molecule has 0 aromatic rings. The summed E-state index contributed by atoms with van der Waals surface area (Å²) in [6.07, 6.45) is 3.30. The Bertz CT molecular complexity index is 269. The predicted octanol–water partition coefficient (Wildman–Crippen LogP) is 1.52. The van der Waals surface area contributed by atoms with Crippen molar-refractivity contribution in [3.05, 3.63) is 0 Å². The molecule has 2 rings (SSSR count). The van der Waals surface area contributed by atoms with Crippen LogP contribution in [0, 0.1) is 0 Å². The Hall–Kier alpha value is -0.0300. The summed E-state index contributed by atoms with van der Waals surface area (Å²) in [5, 5.41) is 3.30. The maximum atomic E-state index is 12.2. The third kappa shape index (κ3) is 4.48. The molecule has 0 aliphatic carbocycles. The topological polar surface area (TPSA) is 35.6 Å². The van der Waals surface area contributed by atoms with Crippen molar-refractivity contribution >= 4 is 30.7 Å². The first-order chi connectivity index (χ1) is 8.26. The number of carbonyl (C=O) groups excluding carboxylic acids is 1. The lowest BCUT2D eigenvalue weighted by atomic mass is 10.2. The van der Waals surface area contributed by atoms with Crippen molar-refractivity contribution in [3.8, 4) is 0 Å². The summed E-state index contributed by atoms with van der Waals surface area (Å²) in [7, 11) is 0. The first kappa shape index (κ1) is 19.0. The van der Waals surface area contributed by atoms with Crippen molar-refractivity contribution < 1.29 is 4.79 Å². The molecule has 0 aromatic heterocycles. The second kappa shape index (κ2) is 9.01. The van der Waals surface area contributed by atoms with E-state index in [0.717, 1.165) is 52.0 Å². The van der Waals surface area contributed by atoms with Gasteiger partial charge in [0.1, 0.15) is 0 Å². The van der Waals surface area contributed by atoms with Crippen molar-refractivity contribution in [2.24, 2.45) is 0 Å². The van der Waals surface area contributed by atoms with Gasteiger partial charge in [0.05, 0.1) is 6.04 Å². The van der Waals surface area contributed by atoms with Gasteiger partial charge in [-0.3, -0.25) is 9.69 Å². The monoisotopic (exact) mass is 311 g/mol. The van der Waals surface area contributed by atoms with Gasteiger partial charge in [-0.1, -0.05) is 13.8 Å². The molecule has 114 valence electrons. The largest absolute Gasteiger partial charge is 0.340 e. The van der Waals surface area contributed by atoms with Gasteiger partial charge in [0.2, 0.25) is 5.91 Å². The normalized spacial score (nSPS) is 26.2. The highest BCUT2D eigenvalue weighted by atomic mass is 35.5. The van der Waals surface area contributed by atoms with E-state index in [1.54, 1.807) is 0 Å². The van der Waals surface area contributed by atoms with Crippen LogP contribution in [0.4, 0.5) is 0 Å². The summed E-state index contributed by atoms with van der Waals surface area (Å²) < 4.78 is 0. The zero-order chi connectivity index (χ0) is 12.3. The van der Waals surface area contributed by atoms with Gasteiger partial charge in [0.25, 0.3) is 0 Å². The standard InChI is InChI=1S/C13H25N3O.2ClH/c1-3-15(4-2)11-7-9-16(10-11)13(17)12-6-5-8-14-12;;/h11-12,14H,3-10H2,1-2H3;2*1H. The molecule has 1 N–H and O–H groups in total. The number of nitrogens with zero attached hydrogens (tertiary/aromatic N) is 2. The Morgan fingerprint density at radius 3 is 2.47 bits per heavy atom. The van der Waals surface area contributed by atoms with Crippen molar-refractivity contribution in [3.63, 3.8) is 0 Å². The average molecular weight is 312 g/mol. The first-order valence-corrected chi connectivity index (χ1v) is 7.02. The number of nitrogens with one attached hydrogen (secondary N) is 1. The lowest BCUT2D eigenvalue weighted by Gasteiger charge is -2.26. The van der Waals surface area contributed by atoms with Crippen molar-refractivity contribution in [2.45, 2.75) is 45.2 Å². The van der Waals surface area contributed by atoms with Crippen LogP contribution in [0.5, 0.6) is 0 Å². The molecule has 2 aliphatic heterocycles. The number of hydrogen-bond acceptors (Lipinski definition) is 3. The summed E-state index contributed by atoms with van der Waals surface area (Å²) in [5.41, 5.74) is 0. The molecule has 0 aromatic carbocycles. The summed E-state index contributed by atoms with van der Waals surface area (Å²) in [6.45, 7) is 9.45. The van der Waals surface area contributed by atoms with Crippen molar-refractivity contribution in [1.82, 2.24) is 15.1 Å². The minimum absolute atomic E-state index is 0. The summed E-state index contributed by atoms with van der Waals surface area (Å²) in [5.74, 6) is 0.331. The van der Waals surface area contributed by atoms with Crippen LogP contribution >= 0.6 is 24.8 Å². The quantitative estimate of drug-likeness (QED) is 0.855. The van der Waals surface area contributed by atoms with Crippen LogP contribution in [0.3, 0.4) is 0 Å². The fraction of sp³-hybridized carbons (Fsp3) is 0.923. The Labute approximate surface area is 129 Å². The molecule has 2 saturated heterocycles. The second-order valence-electron chi connectivity index (χ2n) is 5.10. The van der Waals surface area contributed by atoms with E-state index in [9.17, 15) is 4.79 Å². The lowest BCUT2D eigenvalue weighted by molar-refractivity contribution is -0.132. The Balaban J connectivity index is 0.00000162. The molecule has 19 heavy (non-hydrogen) atoms. The molecule has 0 bridgehead atoms. The molecular weight excluding hydrogens is 285 g/mol. The van der Waals surface area contributed by atoms with E-state index in [1.165, 1.54) is 0 Å². The Morgan fingerprint density at radius 2 is 1.95 bits per heavy atom. The van der Waals surface area contributed by atoms with Gasteiger partial charge in [0.15, 0.2) is 0 Å². The van der Waals surface area contributed by atoms with Crippen LogP contribution < -0.4 is 5.32 Å². The van der Waals surface area contributed by atoms with E-state index in [0.29, 0.717) is 11.9 Å². The van der Waals surface area contributed by atoms with Gasteiger partial charge in [-0.15, -0.1) is 24.8 Å². The van der Waals surface area contributed by atoms with Gasteiger partial charge in [-0.05, 0) is 38.9 Å². The average Bonchev–Trinajstić information content (AvgIpc) is 3.01. The first-order valence-electron chi connectivity index (χ1n) is 7.02. The minimum Gasteiger partial charge on any atom is -0.340 e. The van der Waals surface area contributed by atoms with Crippen molar-refractivity contribution in [1.29, 1.82) is 0 Å².